The van der Waals surface area contributed by atoms with Crippen molar-refractivity contribution in [3.05, 3.63) is 71.4 Å². The maximum atomic E-state index is 5.90. The van der Waals surface area contributed by atoms with Gasteiger partial charge in [0, 0.05) is 29.5 Å². The molecule has 0 unspecified atom stereocenters. The standard InChI is InChI=1S/C19H19ClN4O/c1-25-17-4-2-3-16(13-17)23-19-22-12-10-18(24-19)21-11-9-14-5-7-15(20)8-6-14/h2-8,10,12-13H,9,11H2,1H3,(H2,21,22,23,24). The Morgan fingerprint density at radius 3 is 2.72 bits per heavy atom. The van der Waals surface area contributed by atoms with Crippen molar-refractivity contribution < 1.29 is 4.74 Å². The van der Waals surface area contributed by atoms with Crippen LogP contribution in [0.4, 0.5) is 17.5 Å². The van der Waals surface area contributed by atoms with Crippen LogP contribution in [0.2, 0.25) is 5.02 Å². The number of hydrogen-bond donors (Lipinski definition) is 2. The van der Waals surface area contributed by atoms with Crippen LogP contribution < -0.4 is 15.4 Å². The third-order valence-corrected chi connectivity index (χ3v) is 3.87. The molecule has 0 saturated carbocycles. The maximum absolute atomic E-state index is 5.90. The molecule has 0 saturated heterocycles. The van der Waals surface area contributed by atoms with E-state index in [4.69, 9.17) is 16.3 Å². The number of nitrogens with zero attached hydrogens (tertiary/aromatic N) is 2. The van der Waals surface area contributed by atoms with Gasteiger partial charge in [-0.05, 0) is 42.3 Å². The fourth-order valence-electron chi connectivity index (χ4n) is 2.33. The van der Waals surface area contributed by atoms with Gasteiger partial charge in [-0.25, -0.2) is 4.98 Å². The van der Waals surface area contributed by atoms with Crippen LogP contribution in [0.15, 0.2) is 60.8 Å². The van der Waals surface area contributed by atoms with Crippen LogP contribution >= 0.6 is 11.6 Å². The van der Waals surface area contributed by atoms with Crippen LogP contribution in [-0.2, 0) is 6.42 Å². The number of hydrogen-bond acceptors (Lipinski definition) is 5. The minimum absolute atomic E-state index is 0.532. The lowest BCUT2D eigenvalue weighted by Crippen LogP contribution is -2.07. The Morgan fingerprint density at radius 2 is 1.92 bits per heavy atom. The molecule has 0 atom stereocenters. The summed E-state index contributed by atoms with van der Waals surface area (Å²) in [6.07, 6.45) is 2.61. The number of ether oxygens (including phenoxy) is 1. The number of methoxy groups -OCH3 is 1. The Balaban J connectivity index is 1.58. The van der Waals surface area contributed by atoms with Crippen molar-refractivity contribution in [2.45, 2.75) is 6.42 Å². The van der Waals surface area contributed by atoms with Gasteiger partial charge in [-0.2, -0.15) is 4.98 Å². The van der Waals surface area contributed by atoms with E-state index >= 15 is 0 Å². The van der Waals surface area contributed by atoms with Gasteiger partial charge >= 0.3 is 0 Å². The topological polar surface area (TPSA) is 59.1 Å². The number of anilines is 3. The number of rotatable bonds is 7. The van der Waals surface area contributed by atoms with Gasteiger partial charge in [0.05, 0.1) is 7.11 Å². The number of aromatic nitrogens is 2. The third kappa shape index (κ3) is 5.09. The SMILES string of the molecule is COc1cccc(Nc2nccc(NCCc3ccc(Cl)cc3)n2)c1. The average Bonchev–Trinajstić information content (AvgIpc) is 2.64. The Morgan fingerprint density at radius 1 is 1.08 bits per heavy atom. The molecule has 1 aromatic heterocycles. The van der Waals surface area contributed by atoms with Crippen molar-refractivity contribution in [3.8, 4) is 5.75 Å². The molecule has 3 rings (SSSR count). The summed E-state index contributed by atoms with van der Waals surface area (Å²) in [5, 5.41) is 7.23. The summed E-state index contributed by atoms with van der Waals surface area (Å²) < 4.78 is 5.22. The van der Waals surface area contributed by atoms with E-state index in [1.807, 2.05) is 54.6 Å². The zero-order valence-electron chi connectivity index (χ0n) is 13.9. The molecule has 3 aromatic rings. The molecule has 0 aliphatic carbocycles. The smallest absolute Gasteiger partial charge is 0.229 e. The lowest BCUT2D eigenvalue weighted by atomic mass is 10.1. The first-order valence-electron chi connectivity index (χ1n) is 7.95. The Hall–Kier alpha value is -2.79. The summed E-state index contributed by atoms with van der Waals surface area (Å²) >= 11 is 5.90. The minimum atomic E-state index is 0.532. The normalized spacial score (nSPS) is 10.3. The highest BCUT2D eigenvalue weighted by molar-refractivity contribution is 6.30. The Labute approximate surface area is 152 Å². The first-order valence-corrected chi connectivity index (χ1v) is 8.33. The minimum Gasteiger partial charge on any atom is -0.497 e. The molecule has 0 amide bonds. The van der Waals surface area contributed by atoms with Gasteiger partial charge in [0.2, 0.25) is 5.95 Å². The summed E-state index contributed by atoms with van der Waals surface area (Å²) in [5.74, 6) is 2.08. The van der Waals surface area contributed by atoms with Gasteiger partial charge in [-0.3, -0.25) is 0 Å². The lowest BCUT2D eigenvalue weighted by molar-refractivity contribution is 0.415. The van der Waals surface area contributed by atoms with Crippen LogP contribution in [0, 0.1) is 0 Å². The highest BCUT2D eigenvalue weighted by Gasteiger charge is 2.02. The monoisotopic (exact) mass is 354 g/mol. The number of halogens is 1. The summed E-state index contributed by atoms with van der Waals surface area (Å²) in [7, 11) is 1.64. The maximum Gasteiger partial charge on any atom is 0.229 e. The highest BCUT2D eigenvalue weighted by Crippen LogP contribution is 2.19. The van der Waals surface area contributed by atoms with Crippen LogP contribution in [0.1, 0.15) is 5.56 Å². The second-order valence-electron chi connectivity index (χ2n) is 5.43. The summed E-state index contributed by atoms with van der Waals surface area (Å²) in [6.45, 7) is 0.775. The molecule has 0 spiro atoms. The molecular formula is C19H19ClN4O. The molecule has 0 aliphatic rings. The Bertz CT molecular complexity index is 824. The van der Waals surface area contributed by atoms with Gasteiger partial charge in [0.15, 0.2) is 0 Å². The van der Waals surface area contributed by atoms with E-state index in [1.165, 1.54) is 5.56 Å². The van der Waals surface area contributed by atoms with Crippen LogP contribution in [0.3, 0.4) is 0 Å². The van der Waals surface area contributed by atoms with E-state index in [1.54, 1.807) is 13.3 Å². The van der Waals surface area contributed by atoms with Crippen molar-refractivity contribution in [2.75, 3.05) is 24.3 Å². The molecular weight excluding hydrogens is 336 g/mol. The predicted molar refractivity (Wildman–Crippen MR) is 102 cm³/mol. The van der Waals surface area contributed by atoms with Crippen LogP contribution in [0.5, 0.6) is 5.75 Å². The van der Waals surface area contributed by atoms with Crippen molar-refractivity contribution in [1.29, 1.82) is 0 Å². The van der Waals surface area contributed by atoms with E-state index in [0.29, 0.717) is 5.95 Å². The van der Waals surface area contributed by atoms with Gasteiger partial charge in [-0.1, -0.05) is 29.8 Å². The fraction of sp³-hybridized carbons (Fsp3) is 0.158. The molecule has 6 heteroatoms. The van der Waals surface area contributed by atoms with E-state index in [9.17, 15) is 0 Å². The quantitative estimate of drug-likeness (QED) is 0.652. The molecule has 0 fully saturated rings. The van der Waals surface area contributed by atoms with E-state index in [-0.39, 0.29) is 0 Å². The average molecular weight is 355 g/mol. The largest absolute Gasteiger partial charge is 0.497 e. The first kappa shape index (κ1) is 17.0. The van der Waals surface area contributed by atoms with Gasteiger partial charge in [-0.15, -0.1) is 0 Å². The van der Waals surface area contributed by atoms with Crippen LogP contribution in [0.25, 0.3) is 0 Å². The summed E-state index contributed by atoms with van der Waals surface area (Å²) in [5.41, 5.74) is 2.10. The number of nitrogens with one attached hydrogen (secondary N) is 2. The van der Waals surface area contributed by atoms with E-state index < -0.39 is 0 Å². The Kier molecular flexibility index (Phi) is 5.69. The van der Waals surface area contributed by atoms with E-state index in [0.717, 1.165) is 35.2 Å². The zero-order chi connectivity index (χ0) is 17.5. The molecule has 128 valence electrons. The van der Waals surface area contributed by atoms with Gasteiger partial charge < -0.3 is 15.4 Å². The second kappa shape index (κ2) is 8.35. The molecule has 2 N–H and O–H groups in total. The molecule has 0 bridgehead atoms. The summed E-state index contributed by atoms with van der Waals surface area (Å²) in [4.78, 5) is 8.72. The van der Waals surface area contributed by atoms with E-state index in [2.05, 4.69) is 20.6 Å². The van der Waals surface area contributed by atoms with Crippen molar-refractivity contribution in [1.82, 2.24) is 9.97 Å². The molecule has 0 aliphatic heterocycles. The first-order chi connectivity index (χ1) is 12.2. The van der Waals surface area contributed by atoms with Crippen molar-refractivity contribution >= 4 is 29.1 Å². The van der Waals surface area contributed by atoms with Crippen molar-refractivity contribution in [2.24, 2.45) is 0 Å². The number of benzene rings is 2. The highest BCUT2D eigenvalue weighted by atomic mass is 35.5. The molecule has 1 heterocycles. The van der Waals surface area contributed by atoms with Crippen LogP contribution in [-0.4, -0.2) is 23.6 Å². The van der Waals surface area contributed by atoms with Crippen molar-refractivity contribution in [3.63, 3.8) is 0 Å². The zero-order valence-corrected chi connectivity index (χ0v) is 14.6. The molecule has 5 nitrogen and oxygen atoms in total. The summed E-state index contributed by atoms with van der Waals surface area (Å²) in [6, 6.07) is 17.3. The fourth-order valence-corrected chi connectivity index (χ4v) is 2.46. The third-order valence-electron chi connectivity index (χ3n) is 3.61. The molecule has 2 aromatic carbocycles. The van der Waals surface area contributed by atoms with Gasteiger partial charge in [0.1, 0.15) is 11.6 Å². The lowest BCUT2D eigenvalue weighted by Gasteiger charge is -2.09. The van der Waals surface area contributed by atoms with Gasteiger partial charge in [0.25, 0.3) is 0 Å². The molecule has 0 radical (unpaired) electrons. The predicted octanol–water partition coefficient (Wildman–Crippen LogP) is 4.54. The second-order valence-corrected chi connectivity index (χ2v) is 5.86. The molecule has 25 heavy (non-hydrogen) atoms.